The fourth-order valence-corrected chi connectivity index (χ4v) is 1.65. The van der Waals surface area contributed by atoms with E-state index in [4.69, 9.17) is 11.6 Å². The molecule has 0 amide bonds. The van der Waals surface area contributed by atoms with Crippen LogP contribution in [-0.4, -0.2) is 14.9 Å². The van der Waals surface area contributed by atoms with Crippen LogP contribution in [0.3, 0.4) is 0 Å². The second kappa shape index (κ2) is 4.11. The van der Waals surface area contributed by atoms with Crippen LogP contribution < -0.4 is 0 Å². The predicted molar refractivity (Wildman–Crippen MR) is 52.6 cm³/mol. The third-order valence-electron chi connectivity index (χ3n) is 1.95. The van der Waals surface area contributed by atoms with E-state index >= 15 is 0 Å². The number of aliphatic hydroxyl groups is 1. The Kier molecular flexibility index (Phi) is 3.33. The lowest BCUT2D eigenvalue weighted by Gasteiger charge is -2.13. The highest BCUT2D eigenvalue weighted by molar-refractivity contribution is 6.31. The monoisotopic (exact) mass is 202 g/mol. The highest BCUT2D eigenvalue weighted by atomic mass is 35.5. The highest BCUT2D eigenvalue weighted by Crippen LogP contribution is 2.26. The number of hydrogen-bond donors (Lipinski definition) is 1. The minimum absolute atomic E-state index is 0.445. The van der Waals surface area contributed by atoms with Crippen LogP contribution in [0.25, 0.3) is 0 Å². The van der Waals surface area contributed by atoms with Gasteiger partial charge in [0, 0.05) is 7.05 Å². The standard InChI is InChI=1S/C9H15ClN2O/c1-6(2)4-8(13)9-7(10)5-11-12(9)3/h5-6,8,13H,4H2,1-3H3. The summed E-state index contributed by atoms with van der Waals surface area (Å²) in [6.07, 6.45) is 1.75. The maximum atomic E-state index is 9.80. The molecule has 1 heterocycles. The number of aromatic nitrogens is 2. The van der Waals surface area contributed by atoms with E-state index in [-0.39, 0.29) is 0 Å². The summed E-state index contributed by atoms with van der Waals surface area (Å²) >= 11 is 5.88. The summed E-state index contributed by atoms with van der Waals surface area (Å²) in [6, 6.07) is 0. The van der Waals surface area contributed by atoms with Crippen LogP contribution in [0.5, 0.6) is 0 Å². The van der Waals surface area contributed by atoms with Gasteiger partial charge in [-0.1, -0.05) is 25.4 Å². The van der Waals surface area contributed by atoms with E-state index in [1.807, 2.05) is 0 Å². The van der Waals surface area contributed by atoms with E-state index in [0.717, 1.165) is 0 Å². The molecule has 1 rings (SSSR count). The first-order chi connectivity index (χ1) is 6.02. The van der Waals surface area contributed by atoms with Crippen LogP contribution >= 0.6 is 11.6 Å². The van der Waals surface area contributed by atoms with Gasteiger partial charge in [-0.2, -0.15) is 5.10 Å². The first kappa shape index (κ1) is 10.5. The predicted octanol–water partition coefficient (Wildman–Crippen LogP) is 2.15. The van der Waals surface area contributed by atoms with Crippen LogP contribution in [0.1, 0.15) is 32.1 Å². The Morgan fingerprint density at radius 2 is 2.23 bits per heavy atom. The first-order valence-corrected chi connectivity index (χ1v) is 4.75. The fraction of sp³-hybridized carbons (Fsp3) is 0.667. The summed E-state index contributed by atoms with van der Waals surface area (Å²) in [5.74, 6) is 0.445. The van der Waals surface area contributed by atoms with E-state index in [0.29, 0.717) is 23.1 Å². The van der Waals surface area contributed by atoms with E-state index in [9.17, 15) is 5.11 Å². The van der Waals surface area contributed by atoms with E-state index in [2.05, 4.69) is 18.9 Å². The van der Waals surface area contributed by atoms with Crippen molar-refractivity contribution in [3.05, 3.63) is 16.9 Å². The lowest BCUT2D eigenvalue weighted by molar-refractivity contribution is 0.142. The van der Waals surface area contributed by atoms with Crippen molar-refractivity contribution in [3.63, 3.8) is 0 Å². The SMILES string of the molecule is CC(C)CC(O)c1c(Cl)cnn1C. The Hall–Kier alpha value is -0.540. The smallest absolute Gasteiger partial charge is 0.0974 e. The lowest BCUT2D eigenvalue weighted by atomic mass is 10.0. The number of aliphatic hydroxyl groups excluding tert-OH is 1. The fourth-order valence-electron chi connectivity index (χ4n) is 1.35. The maximum absolute atomic E-state index is 9.80. The number of nitrogens with zero attached hydrogens (tertiary/aromatic N) is 2. The molecule has 3 nitrogen and oxygen atoms in total. The van der Waals surface area contributed by atoms with E-state index < -0.39 is 6.10 Å². The molecule has 0 fully saturated rings. The van der Waals surface area contributed by atoms with Gasteiger partial charge in [0.05, 0.1) is 23.0 Å². The Bertz CT molecular complexity index is 264. The Morgan fingerprint density at radius 1 is 1.62 bits per heavy atom. The maximum Gasteiger partial charge on any atom is 0.0974 e. The molecule has 13 heavy (non-hydrogen) atoms. The molecule has 0 radical (unpaired) electrons. The molecule has 0 aliphatic carbocycles. The lowest BCUT2D eigenvalue weighted by Crippen LogP contribution is -2.08. The van der Waals surface area contributed by atoms with Crippen LogP contribution in [0, 0.1) is 5.92 Å². The summed E-state index contributed by atoms with van der Waals surface area (Å²) in [6.45, 7) is 4.13. The molecule has 1 unspecified atom stereocenters. The van der Waals surface area contributed by atoms with Crippen molar-refractivity contribution in [2.45, 2.75) is 26.4 Å². The van der Waals surface area contributed by atoms with E-state index in [1.165, 1.54) is 0 Å². The Balaban J connectivity index is 2.81. The van der Waals surface area contributed by atoms with Gasteiger partial charge < -0.3 is 5.11 Å². The van der Waals surface area contributed by atoms with Gasteiger partial charge >= 0.3 is 0 Å². The molecule has 0 saturated heterocycles. The summed E-state index contributed by atoms with van der Waals surface area (Å²) in [5.41, 5.74) is 0.704. The summed E-state index contributed by atoms with van der Waals surface area (Å²) in [5, 5.41) is 14.3. The van der Waals surface area contributed by atoms with Gasteiger partial charge in [0.25, 0.3) is 0 Å². The molecule has 1 aromatic heterocycles. The van der Waals surface area contributed by atoms with Crippen LogP contribution in [0.15, 0.2) is 6.20 Å². The Labute approximate surface area is 83.3 Å². The van der Waals surface area contributed by atoms with Gasteiger partial charge in [-0.3, -0.25) is 4.68 Å². The molecule has 0 aromatic carbocycles. The molecule has 0 bridgehead atoms. The quantitative estimate of drug-likeness (QED) is 0.816. The van der Waals surface area contributed by atoms with Crippen LogP contribution in [0.2, 0.25) is 5.02 Å². The summed E-state index contributed by atoms with van der Waals surface area (Å²) < 4.78 is 1.62. The molecule has 1 aromatic rings. The van der Waals surface area contributed by atoms with Gasteiger partial charge in [-0.25, -0.2) is 0 Å². The minimum Gasteiger partial charge on any atom is -0.387 e. The average Bonchev–Trinajstić information content (AvgIpc) is 2.29. The van der Waals surface area contributed by atoms with Gasteiger partial charge in [0.1, 0.15) is 0 Å². The molecule has 4 heteroatoms. The zero-order valence-electron chi connectivity index (χ0n) is 8.16. The molecule has 74 valence electrons. The second-order valence-electron chi connectivity index (χ2n) is 3.65. The van der Waals surface area contributed by atoms with Crippen molar-refractivity contribution in [2.24, 2.45) is 13.0 Å². The number of rotatable bonds is 3. The molecule has 0 aliphatic rings. The molecule has 0 aliphatic heterocycles. The third-order valence-corrected chi connectivity index (χ3v) is 2.24. The number of halogens is 1. The van der Waals surface area contributed by atoms with Crippen molar-refractivity contribution in [1.82, 2.24) is 9.78 Å². The van der Waals surface area contributed by atoms with Crippen LogP contribution in [0.4, 0.5) is 0 Å². The molecular formula is C9H15ClN2O. The minimum atomic E-state index is -0.514. The molecule has 0 spiro atoms. The van der Waals surface area contributed by atoms with Gasteiger partial charge in [-0.05, 0) is 12.3 Å². The Morgan fingerprint density at radius 3 is 2.62 bits per heavy atom. The molecular weight excluding hydrogens is 188 g/mol. The molecule has 1 atom stereocenters. The normalized spacial score (nSPS) is 13.7. The molecule has 0 saturated carbocycles. The average molecular weight is 203 g/mol. The van der Waals surface area contributed by atoms with Gasteiger partial charge in [-0.15, -0.1) is 0 Å². The number of aryl methyl sites for hydroxylation is 1. The number of hydrogen-bond acceptors (Lipinski definition) is 2. The van der Waals surface area contributed by atoms with E-state index in [1.54, 1.807) is 17.9 Å². The van der Waals surface area contributed by atoms with Crippen molar-refractivity contribution in [1.29, 1.82) is 0 Å². The van der Waals surface area contributed by atoms with Crippen molar-refractivity contribution in [3.8, 4) is 0 Å². The zero-order chi connectivity index (χ0) is 10.0. The highest BCUT2D eigenvalue weighted by Gasteiger charge is 2.17. The second-order valence-corrected chi connectivity index (χ2v) is 4.05. The summed E-state index contributed by atoms with van der Waals surface area (Å²) in [4.78, 5) is 0. The van der Waals surface area contributed by atoms with Crippen molar-refractivity contribution in [2.75, 3.05) is 0 Å². The molecule has 1 N–H and O–H groups in total. The van der Waals surface area contributed by atoms with Crippen molar-refractivity contribution >= 4 is 11.6 Å². The van der Waals surface area contributed by atoms with Crippen LogP contribution in [-0.2, 0) is 7.05 Å². The zero-order valence-corrected chi connectivity index (χ0v) is 8.91. The van der Waals surface area contributed by atoms with Crippen molar-refractivity contribution < 1.29 is 5.11 Å². The summed E-state index contributed by atoms with van der Waals surface area (Å²) in [7, 11) is 1.78. The largest absolute Gasteiger partial charge is 0.387 e. The first-order valence-electron chi connectivity index (χ1n) is 4.37. The van der Waals surface area contributed by atoms with Gasteiger partial charge in [0.2, 0.25) is 0 Å². The van der Waals surface area contributed by atoms with Gasteiger partial charge in [0.15, 0.2) is 0 Å². The topological polar surface area (TPSA) is 38.1 Å². The third kappa shape index (κ3) is 2.45.